The average molecular weight is 168 g/mol. The Kier molecular flexibility index (Phi) is 2.68. The number of benzene rings is 1. The van der Waals surface area contributed by atoms with Crippen LogP contribution in [0.2, 0.25) is 0 Å². The second-order valence-electron chi connectivity index (χ2n) is 2.78. The van der Waals surface area contributed by atoms with Gasteiger partial charge in [0.05, 0.1) is 6.10 Å². The molecule has 66 valence electrons. The molecular formula is C9H12O3. The summed E-state index contributed by atoms with van der Waals surface area (Å²) in [6.45, 7) is 1.51. The highest BCUT2D eigenvalue weighted by Crippen LogP contribution is 2.18. The van der Waals surface area contributed by atoms with Crippen molar-refractivity contribution in [2.75, 3.05) is 0 Å². The molecule has 0 radical (unpaired) electrons. The molecule has 0 aliphatic rings. The standard InChI is InChI=1S/C9H12O3/c1-6(10)9(12)7-2-4-8(11)5-3-7/h2-6,9-12H,1H3/t6-,9+/m1/s1. The van der Waals surface area contributed by atoms with Gasteiger partial charge in [-0.2, -0.15) is 0 Å². The van der Waals surface area contributed by atoms with E-state index in [4.69, 9.17) is 10.2 Å². The fourth-order valence-electron chi connectivity index (χ4n) is 0.950. The fourth-order valence-corrected chi connectivity index (χ4v) is 0.950. The van der Waals surface area contributed by atoms with Crippen LogP contribution in [0.3, 0.4) is 0 Å². The van der Waals surface area contributed by atoms with Crippen LogP contribution in [0.5, 0.6) is 5.75 Å². The minimum atomic E-state index is -0.884. The van der Waals surface area contributed by atoms with Crippen LogP contribution in [0.15, 0.2) is 24.3 Å². The molecular weight excluding hydrogens is 156 g/mol. The van der Waals surface area contributed by atoms with Gasteiger partial charge in [-0.05, 0) is 24.6 Å². The molecule has 0 heterocycles. The molecule has 12 heavy (non-hydrogen) atoms. The first-order valence-corrected chi connectivity index (χ1v) is 3.76. The van der Waals surface area contributed by atoms with Crippen LogP contribution in [-0.2, 0) is 0 Å². The van der Waals surface area contributed by atoms with Crippen molar-refractivity contribution in [2.24, 2.45) is 0 Å². The minimum absolute atomic E-state index is 0.150. The van der Waals surface area contributed by atoms with E-state index in [9.17, 15) is 5.11 Å². The number of phenolic OH excluding ortho intramolecular Hbond substituents is 1. The molecule has 0 aromatic heterocycles. The highest BCUT2D eigenvalue weighted by atomic mass is 16.3. The highest BCUT2D eigenvalue weighted by molar-refractivity contribution is 5.27. The minimum Gasteiger partial charge on any atom is -0.508 e. The summed E-state index contributed by atoms with van der Waals surface area (Å²) in [5.41, 5.74) is 0.600. The third kappa shape index (κ3) is 1.96. The SMILES string of the molecule is C[C@@H](O)[C@H](O)c1ccc(O)cc1. The second-order valence-corrected chi connectivity index (χ2v) is 2.78. The van der Waals surface area contributed by atoms with Crippen molar-refractivity contribution in [1.82, 2.24) is 0 Å². The third-order valence-electron chi connectivity index (χ3n) is 1.69. The molecule has 0 fully saturated rings. The summed E-state index contributed by atoms with van der Waals surface area (Å²) in [4.78, 5) is 0. The highest BCUT2D eigenvalue weighted by Gasteiger charge is 2.12. The monoisotopic (exact) mass is 168 g/mol. The molecule has 1 aromatic rings. The fraction of sp³-hybridized carbons (Fsp3) is 0.333. The Labute approximate surface area is 70.9 Å². The first-order valence-electron chi connectivity index (χ1n) is 3.76. The normalized spacial score (nSPS) is 15.6. The summed E-state index contributed by atoms with van der Waals surface area (Å²) in [5, 5.41) is 27.3. The maximum atomic E-state index is 9.36. The molecule has 0 saturated heterocycles. The number of hydrogen-bond acceptors (Lipinski definition) is 3. The molecule has 0 unspecified atom stereocenters. The maximum Gasteiger partial charge on any atom is 0.115 e. The van der Waals surface area contributed by atoms with Crippen LogP contribution in [-0.4, -0.2) is 21.4 Å². The molecule has 0 saturated carbocycles. The number of hydrogen-bond donors (Lipinski definition) is 3. The average Bonchev–Trinajstić information content (AvgIpc) is 2.04. The van der Waals surface area contributed by atoms with Gasteiger partial charge in [-0.1, -0.05) is 12.1 Å². The van der Waals surface area contributed by atoms with Gasteiger partial charge in [0.25, 0.3) is 0 Å². The lowest BCUT2D eigenvalue weighted by Crippen LogP contribution is -2.13. The topological polar surface area (TPSA) is 60.7 Å². The Morgan fingerprint density at radius 1 is 1.08 bits per heavy atom. The van der Waals surface area contributed by atoms with Crippen LogP contribution >= 0.6 is 0 Å². The zero-order valence-electron chi connectivity index (χ0n) is 6.81. The van der Waals surface area contributed by atoms with Crippen molar-refractivity contribution in [3.05, 3.63) is 29.8 Å². The zero-order chi connectivity index (χ0) is 9.14. The number of aliphatic hydroxyl groups excluding tert-OH is 2. The summed E-state index contributed by atoms with van der Waals surface area (Å²) in [7, 11) is 0. The summed E-state index contributed by atoms with van der Waals surface area (Å²) >= 11 is 0. The van der Waals surface area contributed by atoms with Crippen molar-refractivity contribution < 1.29 is 15.3 Å². The van der Waals surface area contributed by atoms with E-state index >= 15 is 0 Å². The first-order chi connectivity index (χ1) is 5.61. The van der Waals surface area contributed by atoms with Gasteiger partial charge in [0.15, 0.2) is 0 Å². The van der Waals surface area contributed by atoms with Crippen molar-refractivity contribution in [3.8, 4) is 5.75 Å². The van der Waals surface area contributed by atoms with Crippen LogP contribution in [0, 0.1) is 0 Å². The van der Waals surface area contributed by atoms with Gasteiger partial charge in [0, 0.05) is 0 Å². The van der Waals surface area contributed by atoms with Crippen LogP contribution in [0.25, 0.3) is 0 Å². The Bertz CT molecular complexity index is 240. The predicted molar refractivity (Wildman–Crippen MR) is 44.7 cm³/mol. The van der Waals surface area contributed by atoms with Gasteiger partial charge in [0.2, 0.25) is 0 Å². The van der Waals surface area contributed by atoms with Gasteiger partial charge < -0.3 is 15.3 Å². The maximum absolute atomic E-state index is 9.36. The molecule has 1 rings (SSSR count). The van der Waals surface area contributed by atoms with E-state index in [-0.39, 0.29) is 5.75 Å². The van der Waals surface area contributed by atoms with Crippen molar-refractivity contribution >= 4 is 0 Å². The van der Waals surface area contributed by atoms with Crippen LogP contribution in [0.1, 0.15) is 18.6 Å². The molecule has 3 heteroatoms. The lowest BCUT2D eigenvalue weighted by atomic mass is 10.1. The molecule has 0 bridgehead atoms. The second kappa shape index (κ2) is 3.56. The number of aromatic hydroxyl groups is 1. The molecule has 3 N–H and O–H groups in total. The third-order valence-corrected chi connectivity index (χ3v) is 1.69. The van der Waals surface area contributed by atoms with Gasteiger partial charge in [0.1, 0.15) is 11.9 Å². The van der Waals surface area contributed by atoms with E-state index in [2.05, 4.69) is 0 Å². The van der Waals surface area contributed by atoms with E-state index in [1.807, 2.05) is 0 Å². The molecule has 0 aliphatic heterocycles. The smallest absolute Gasteiger partial charge is 0.115 e. The molecule has 0 aliphatic carbocycles. The molecule has 0 spiro atoms. The largest absolute Gasteiger partial charge is 0.508 e. The van der Waals surface area contributed by atoms with E-state index in [1.165, 1.54) is 19.1 Å². The summed E-state index contributed by atoms with van der Waals surface area (Å²) < 4.78 is 0. The van der Waals surface area contributed by atoms with E-state index in [0.717, 1.165) is 0 Å². The molecule has 2 atom stereocenters. The van der Waals surface area contributed by atoms with Gasteiger partial charge in [-0.15, -0.1) is 0 Å². The lowest BCUT2D eigenvalue weighted by Gasteiger charge is -2.13. The lowest BCUT2D eigenvalue weighted by molar-refractivity contribution is 0.0305. The Morgan fingerprint density at radius 2 is 1.58 bits per heavy atom. The van der Waals surface area contributed by atoms with Gasteiger partial charge >= 0.3 is 0 Å². The van der Waals surface area contributed by atoms with E-state index in [0.29, 0.717) is 5.56 Å². The van der Waals surface area contributed by atoms with Crippen LogP contribution in [0.4, 0.5) is 0 Å². The number of aliphatic hydroxyl groups is 2. The summed E-state index contributed by atoms with van der Waals surface area (Å²) in [6, 6.07) is 6.10. The molecule has 0 amide bonds. The zero-order valence-corrected chi connectivity index (χ0v) is 6.81. The van der Waals surface area contributed by atoms with E-state index in [1.54, 1.807) is 12.1 Å². The molecule has 3 nitrogen and oxygen atoms in total. The Morgan fingerprint density at radius 3 is 2.00 bits per heavy atom. The number of rotatable bonds is 2. The van der Waals surface area contributed by atoms with Crippen LogP contribution < -0.4 is 0 Å². The van der Waals surface area contributed by atoms with Crippen molar-refractivity contribution in [2.45, 2.75) is 19.1 Å². The summed E-state index contributed by atoms with van der Waals surface area (Å²) in [5.74, 6) is 0.150. The van der Waals surface area contributed by atoms with Crippen molar-refractivity contribution in [1.29, 1.82) is 0 Å². The molecule has 1 aromatic carbocycles. The number of phenols is 1. The van der Waals surface area contributed by atoms with Crippen molar-refractivity contribution in [3.63, 3.8) is 0 Å². The summed E-state index contributed by atoms with van der Waals surface area (Å²) in [6.07, 6.45) is -1.68. The first kappa shape index (κ1) is 9.03. The van der Waals surface area contributed by atoms with E-state index < -0.39 is 12.2 Å². The van der Waals surface area contributed by atoms with Gasteiger partial charge in [-0.25, -0.2) is 0 Å². The Balaban J connectivity index is 2.82. The van der Waals surface area contributed by atoms with Gasteiger partial charge in [-0.3, -0.25) is 0 Å². The predicted octanol–water partition coefficient (Wildman–Crippen LogP) is 0.806. The Hall–Kier alpha value is -1.06. The quantitative estimate of drug-likeness (QED) is 0.612.